The quantitative estimate of drug-likeness (QED) is 0.798. The molecular weight excluding hydrogens is 340 g/mol. The number of sulfonamides is 1. The van der Waals surface area contributed by atoms with E-state index in [0.717, 1.165) is 5.56 Å². The van der Waals surface area contributed by atoms with Gasteiger partial charge in [0.2, 0.25) is 15.9 Å². The average molecular weight is 362 g/mol. The summed E-state index contributed by atoms with van der Waals surface area (Å²) in [6.07, 6.45) is 1.22. The molecule has 25 heavy (non-hydrogen) atoms. The zero-order valence-electron chi connectivity index (χ0n) is 14.4. The van der Waals surface area contributed by atoms with Crippen molar-refractivity contribution in [1.82, 2.24) is 4.90 Å². The smallest absolute Gasteiger partial charge is 0.235 e. The molecule has 2 aliphatic heterocycles. The maximum absolute atomic E-state index is 12.9. The van der Waals surface area contributed by atoms with Crippen molar-refractivity contribution in [2.24, 2.45) is 0 Å². The Labute approximate surface area is 147 Å². The zero-order valence-corrected chi connectivity index (χ0v) is 15.3. The molecule has 0 N–H and O–H groups in total. The van der Waals surface area contributed by atoms with Crippen molar-refractivity contribution in [2.75, 3.05) is 16.6 Å². The maximum Gasteiger partial charge on any atom is 0.235 e. The van der Waals surface area contributed by atoms with Gasteiger partial charge < -0.3 is 4.90 Å². The van der Waals surface area contributed by atoms with Crippen molar-refractivity contribution in [3.8, 4) is 0 Å². The number of anilines is 1. The molecule has 1 aliphatic carbocycles. The maximum atomic E-state index is 12.9. The summed E-state index contributed by atoms with van der Waals surface area (Å²) in [5.41, 5.74) is 1.18. The second-order valence-electron chi connectivity index (χ2n) is 7.19. The van der Waals surface area contributed by atoms with Gasteiger partial charge in [-0.2, -0.15) is 0 Å². The lowest BCUT2D eigenvalue weighted by atomic mass is 9.64. The molecule has 2 heterocycles. The van der Waals surface area contributed by atoms with E-state index in [0.29, 0.717) is 25.1 Å². The molecule has 2 fully saturated rings. The van der Waals surface area contributed by atoms with Gasteiger partial charge in [-0.15, -0.1) is 0 Å². The summed E-state index contributed by atoms with van der Waals surface area (Å²) in [6, 6.07) is 6.86. The number of Topliss-reactive ketones (excluding diaryl/α,β-unsaturated/α-hetero) is 1. The summed E-state index contributed by atoms with van der Waals surface area (Å²) < 4.78 is 27.2. The molecule has 4 rings (SSSR count). The van der Waals surface area contributed by atoms with Gasteiger partial charge in [0.25, 0.3) is 0 Å². The highest BCUT2D eigenvalue weighted by molar-refractivity contribution is 7.92. The van der Waals surface area contributed by atoms with E-state index in [9.17, 15) is 18.0 Å². The fourth-order valence-corrected chi connectivity index (χ4v) is 6.54. The standard InChI is InChI=1S/C18H22N2O4S/c1-3-25(23,24)20-15-7-5-4-6-14(15)18-8-9-19(12(2)21)16(18)10-13(22)11-17(18)20/h4-7,16-17H,3,8-11H2,1-2H3/t16-,17-,18+/m0/s1. The first-order valence-electron chi connectivity index (χ1n) is 8.73. The van der Waals surface area contributed by atoms with Crippen LogP contribution in [0.25, 0.3) is 0 Å². The first-order chi connectivity index (χ1) is 11.8. The third kappa shape index (κ3) is 2.05. The van der Waals surface area contributed by atoms with E-state index >= 15 is 0 Å². The molecule has 0 aromatic heterocycles. The Hall–Kier alpha value is -1.89. The summed E-state index contributed by atoms with van der Waals surface area (Å²) in [6.45, 7) is 3.72. The number of hydrogen-bond donors (Lipinski definition) is 0. The molecule has 1 saturated heterocycles. The van der Waals surface area contributed by atoms with Crippen LogP contribution < -0.4 is 4.31 Å². The highest BCUT2D eigenvalue weighted by atomic mass is 32.2. The number of hydrogen-bond acceptors (Lipinski definition) is 4. The molecule has 0 unspecified atom stereocenters. The fourth-order valence-electron chi connectivity index (χ4n) is 5.16. The summed E-state index contributed by atoms with van der Waals surface area (Å²) in [5.74, 6) is -0.0316. The number of amides is 1. The van der Waals surface area contributed by atoms with Gasteiger partial charge in [-0.1, -0.05) is 18.2 Å². The largest absolute Gasteiger partial charge is 0.338 e. The van der Waals surface area contributed by atoms with Crippen LogP contribution in [0.5, 0.6) is 0 Å². The van der Waals surface area contributed by atoms with Crippen molar-refractivity contribution in [3.05, 3.63) is 29.8 Å². The molecule has 0 bridgehead atoms. The third-order valence-corrected chi connectivity index (χ3v) is 7.95. The van der Waals surface area contributed by atoms with Crippen LogP contribution in [-0.2, 0) is 25.0 Å². The lowest BCUT2D eigenvalue weighted by molar-refractivity contribution is -0.132. The van der Waals surface area contributed by atoms with E-state index in [1.165, 1.54) is 11.2 Å². The van der Waals surface area contributed by atoms with Crippen molar-refractivity contribution in [1.29, 1.82) is 0 Å². The predicted octanol–water partition coefficient (Wildman–Crippen LogP) is 1.45. The van der Waals surface area contributed by atoms with E-state index in [4.69, 9.17) is 0 Å². The van der Waals surface area contributed by atoms with Crippen LogP contribution in [0.15, 0.2) is 24.3 Å². The highest BCUT2D eigenvalue weighted by Crippen LogP contribution is 2.58. The molecule has 1 aromatic rings. The average Bonchev–Trinajstić information content (AvgIpc) is 3.08. The van der Waals surface area contributed by atoms with Gasteiger partial charge in [-0.25, -0.2) is 8.42 Å². The van der Waals surface area contributed by atoms with E-state index in [1.54, 1.807) is 11.8 Å². The Kier molecular flexibility index (Phi) is 3.51. The Morgan fingerprint density at radius 3 is 2.60 bits per heavy atom. The van der Waals surface area contributed by atoms with Gasteiger partial charge in [0, 0.05) is 31.7 Å². The van der Waals surface area contributed by atoms with E-state index in [2.05, 4.69) is 0 Å². The first-order valence-corrected chi connectivity index (χ1v) is 10.3. The molecule has 1 amide bonds. The van der Waals surface area contributed by atoms with Gasteiger partial charge in [0.1, 0.15) is 5.78 Å². The number of carbonyl (C=O) groups is 2. The molecule has 6 nitrogen and oxygen atoms in total. The molecule has 134 valence electrons. The van der Waals surface area contributed by atoms with Crippen molar-refractivity contribution in [3.63, 3.8) is 0 Å². The van der Waals surface area contributed by atoms with Crippen LogP contribution in [0, 0.1) is 0 Å². The Morgan fingerprint density at radius 2 is 1.92 bits per heavy atom. The normalized spacial score (nSPS) is 30.9. The zero-order chi connectivity index (χ0) is 18.0. The fraction of sp³-hybridized carbons (Fsp3) is 0.556. The van der Waals surface area contributed by atoms with Crippen LogP contribution in [0.2, 0.25) is 0 Å². The third-order valence-electron chi connectivity index (χ3n) is 6.17. The van der Waals surface area contributed by atoms with Crippen LogP contribution in [-0.4, -0.2) is 49.4 Å². The first kappa shape index (κ1) is 16.6. The molecule has 1 spiro atoms. The van der Waals surface area contributed by atoms with E-state index in [-0.39, 0.29) is 29.9 Å². The monoisotopic (exact) mass is 362 g/mol. The molecule has 0 radical (unpaired) electrons. The SMILES string of the molecule is CCS(=O)(=O)N1c2ccccc2[C@]23CCN(C(C)=O)[C@H]2CC(=O)C[C@H]13. The molecule has 3 aliphatic rings. The topological polar surface area (TPSA) is 74.8 Å². The number of rotatable bonds is 2. The Morgan fingerprint density at radius 1 is 1.24 bits per heavy atom. The lowest BCUT2D eigenvalue weighted by Crippen LogP contribution is -2.58. The highest BCUT2D eigenvalue weighted by Gasteiger charge is 2.64. The molecule has 1 aromatic carbocycles. The van der Waals surface area contributed by atoms with Crippen LogP contribution in [0.4, 0.5) is 5.69 Å². The molecule has 3 atom stereocenters. The van der Waals surface area contributed by atoms with Gasteiger partial charge in [0.15, 0.2) is 0 Å². The second kappa shape index (κ2) is 5.30. The molecule has 1 saturated carbocycles. The second-order valence-corrected chi connectivity index (χ2v) is 9.33. The van der Waals surface area contributed by atoms with E-state index in [1.807, 2.05) is 24.3 Å². The summed E-state index contributed by atoms with van der Waals surface area (Å²) in [4.78, 5) is 26.4. The van der Waals surface area contributed by atoms with Crippen LogP contribution in [0.1, 0.15) is 38.7 Å². The Bertz CT molecular complexity index is 866. The van der Waals surface area contributed by atoms with Crippen molar-refractivity contribution in [2.45, 2.75) is 50.6 Å². The molecular formula is C18H22N2O4S. The number of fused-ring (bicyclic) bond motifs is 1. The van der Waals surface area contributed by atoms with Gasteiger partial charge in [-0.3, -0.25) is 13.9 Å². The van der Waals surface area contributed by atoms with Gasteiger partial charge in [0.05, 0.1) is 23.5 Å². The van der Waals surface area contributed by atoms with Crippen LogP contribution in [0.3, 0.4) is 0 Å². The summed E-state index contributed by atoms with van der Waals surface area (Å²) in [5, 5.41) is 0. The number of ketones is 1. The number of para-hydroxylation sites is 1. The molecule has 7 heteroatoms. The summed E-state index contributed by atoms with van der Waals surface area (Å²) in [7, 11) is -3.51. The number of carbonyl (C=O) groups excluding carboxylic acids is 2. The lowest BCUT2D eigenvalue weighted by Gasteiger charge is -2.44. The number of nitrogens with zero attached hydrogens (tertiary/aromatic N) is 2. The number of benzene rings is 1. The minimum absolute atomic E-state index is 0.0107. The Balaban J connectivity index is 1.96. The van der Waals surface area contributed by atoms with Gasteiger partial charge >= 0.3 is 0 Å². The van der Waals surface area contributed by atoms with Crippen LogP contribution >= 0.6 is 0 Å². The minimum Gasteiger partial charge on any atom is -0.338 e. The van der Waals surface area contributed by atoms with Gasteiger partial charge in [-0.05, 0) is 25.0 Å². The minimum atomic E-state index is -3.51. The van der Waals surface area contributed by atoms with Crippen molar-refractivity contribution >= 4 is 27.4 Å². The number of likely N-dealkylation sites (tertiary alicyclic amines) is 1. The van der Waals surface area contributed by atoms with E-state index < -0.39 is 21.5 Å². The summed E-state index contributed by atoms with van der Waals surface area (Å²) >= 11 is 0. The van der Waals surface area contributed by atoms with Crippen molar-refractivity contribution < 1.29 is 18.0 Å². The predicted molar refractivity (Wildman–Crippen MR) is 93.9 cm³/mol.